The standard InChI is InChI=1S/C19H25ClN2O4/c1-3-10-19(2,18(25)26)21-16(23)14-5-4-11-22(12-14)17(24)13-6-8-15(20)9-7-13/h6-9,14H,3-5,10-12H2,1-2H3,(H,21,23)(H,25,26). The number of halogens is 1. The van der Waals surface area contributed by atoms with Gasteiger partial charge in [0.2, 0.25) is 5.91 Å². The van der Waals surface area contributed by atoms with Crippen molar-refractivity contribution >= 4 is 29.4 Å². The second-order valence-electron chi connectivity index (χ2n) is 6.97. The molecule has 1 saturated heterocycles. The predicted molar refractivity (Wildman–Crippen MR) is 99.2 cm³/mol. The third kappa shape index (κ3) is 4.75. The summed E-state index contributed by atoms with van der Waals surface area (Å²) in [4.78, 5) is 38.4. The fourth-order valence-electron chi connectivity index (χ4n) is 3.25. The zero-order chi connectivity index (χ0) is 19.3. The molecule has 2 unspecified atom stereocenters. The van der Waals surface area contributed by atoms with Crippen molar-refractivity contribution in [1.82, 2.24) is 10.2 Å². The van der Waals surface area contributed by atoms with E-state index in [-0.39, 0.29) is 18.4 Å². The highest BCUT2D eigenvalue weighted by atomic mass is 35.5. The van der Waals surface area contributed by atoms with Crippen molar-refractivity contribution in [2.24, 2.45) is 5.92 Å². The van der Waals surface area contributed by atoms with E-state index < -0.39 is 17.4 Å². The first-order chi connectivity index (χ1) is 12.3. The quantitative estimate of drug-likeness (QED) is 0.794. The number of hydrogen-bond donors (Lipinski definition) is 2. The highest BCUT2D eigenvalue weighted by Gasteiger charge is 2.37. The number of benzene rings is 1. The van der Waals surface area contributed by atoms with Gasteiger partial charge in [-0.3, -0.25) is 9.59 Å². The van der Waals surface area contributed by atoms with Crippen molar-refractivity contribution < 1.29 is 19.5 Å². The molecular weight excluding hydrogens is 356 g/mol. The molecule has 2 atom stereocenters. The Morgan fingerprint density at radius 3 is 2.54 bits per heavy atom. The smallest absolute Gasteiger partial charge is 0.329 e. The van der Waals surface area contributed by atoms with Crippen LogP contribution in [0.25, 0.3) is 0 Å². The summed E-state index contributed by atoms with van der Waals surface area (Å²) in [5, 5.41) is 12.7. The van der Waals surface area contributed by atoms with Crippen LogP contribution in [0.1, 0.15) is 49.9 Å². The average Bonchev–Trinajstić information content (AvgIpc) is 2.62. The molecule has 142 valence electrons. The number of rotatable bonds is 6. The Balaban J connectivity index is 2.05. The molecule has 2 amide bonds. The lowest BCUT2D eigenvalue weighted by Crippen LogP contribution is -2.55. The minimum atomic E-state index is -1.28. The maximum absolute atomic E-state index is 12.6. The Morgan fingerprint density at radius 2 is 1.96 bits per heavy atom. The van der Waals surface area contributed by atoms with Crippen molar-refractivity contribution in [3.8, 4) is 0 Å². The van der Waals surface area contributed by atoms with Crippen molar-refractivity contribution in [2.75, 3.05) is 13.1 Å². The van der Waals surface area contributed by atoms with Gasteiger partial charge < -0.3 is 15.3 Å². The van der Waals surface area contributed by atoms with Crippen molar-refractivity contribution in [3.05, 3.63) is 34.9 Å². The lowest BCUT2D eigenvalue weighted by molar-refractivity contribution is -0.148. The van der Waals surface area contributed by atoms with Crippen LogP contribution in [0.15, 0.2) is 24.3 Å². The molecule has 1 heterocycles. The molecule has 2 N–H and O–H groups in total. The Bertz CT molecular complexity index is 677. The molecular formula is C19H25ClN2O4. The number of amides is 2. The number of carboxylic acid groups (broad SMARTS) is 1. The van der Waals surface area contributed by atoms with Gasteiger partial charge >= 0.3 is 5.97 Å². The lowest BCUT2D eigenvalue weighted by atomic mass is 9.92. The van der Waals surface area contributed by atoms with E-state index in [0.717, 1.165) is 0 Å². The minimum absolute atomic E-state index is 0.145. The predicted octanol–water partition coefficient (Wildman–Crippen LogP) is 2.95. The van der Waals surface area contributed by atoms with Gasteiger partial charge in [-0.1, -0.05) is 24.9 Å². The number of piperidine rings is 1. The van der Waals surface area contributed by atoms with E-state index in [1.807, 2.05) is 6.92 Å². The Kier molecular flexibility index (Phi) is 6.64. The second-order valence-corrected chi connectivity index (χ2v) is 7.41. The number of likely N-dealkylation sites (tertiary alicyclic amines) is 1. The van der Waals surface area contributed by atoms with E-state index >= 15 is 0 Å². The summed E-state index contributed by atoms with van der Waals surface area (Å²) < 4.78 is 0. The molecule has 2 rings (SSSR count). The molecule has 7 heteroatoms. The lowest BCUT2D eigenvalue weighted by Gasteiger charge is -2.34. The third-order valence-electron chi connectivity index (χ3n) is 4.79. The average molecular weight is 381 g/mol. The maximum atomic E-state index is 12.6. The van der Waals surface area contributed by atoms with Gasteiger partial charge in [-0.25, -0.2) is 4.79 Å². The zero-order valence-corrected chi connectivity index (χ0v) is 15.9. The van der Waals surface area contributed by atoms with Crippen molar-refractivity contribution in [2.45, 2.75) is 45.1 Å². The van der Waals surface area contributed by atoms with Gasteiger partial charge in [-0.15, -0.1) is 0 Å². The van der Waals surface area contributed by atoms with E-state index in [1.54, 1.807) is 29.2 Å². The molecule has 1 aliphatic rings. The maximum Gasteiger partial charge on any atom is 0.329 e. The number of carboxylic acids is 1. The van der Waals surface area contributed by atoms with Crippen LogP contribution in [0.3, 0.4) is 0 Å². The number of aliphatic carboxylic acids is 1. The van der Waals surface area contributed by atoms with E-state index in [9.17, 15) is 19.5 Å². The van der Waals surface area contributed by atoms with Crippen LogP contribution in [0.4, 0.5) is 0 Å². The van der Waals surface area contributed by atoms with E-state index in [2.05, 4.69) is 5.32 Å². The summed E-state index contributed by atoms with van der Waals surface area (Å²) in [5.41, 5.74) is -0.759. The number of nitrogens with one attached hydrogen (secondary N) is 1. The van der Waals surface area contributed by atoms with Crippen molar-refractivity contribution in [1.29, 1.82) is 0 Å². The zero-order valence-electron chi connectivity index (χ0n) is 15.1. The Labute approximate surface area is 158 Å². The fraction of sp³-hybridized carbons (Fsp3) is 0.526. The van der Waals surface area contributed by atoms with Gasteiger partial charge in [-0.2, -0.15) is 0 Å². The van der Waals surface area contributed by atoms with E-state index in [1.165, 1.54) is 6.92 Å². The third-order valence-corrected chi connectivity index (χ3v) is 5.04. The van der Waals surface area contributed by atoms with Crippen LogP contribution in [0, 0.1) is 5.92 Å². The van der Waals surface area contributed by atoms with Gasteiger partial charge in [0.05, 0.1) is 5.92 Å². The normalized spacial score (nSPS) is 19.5. The molecule has 0 saturated carbocycles. The molecule has 6 nitrogen and oxygen atoms in total. The molecule has 0 aromatic heterocycles. The van der Waals surface area contributed by atoms with Gasteiger partial charge in [0, 0.05) is 23.7 Å². The SMILES string of the molecule is CCCC(C)(NC(=O)C1CCCN(C(=O)c2ccc(Cl)cc2)C1)C(=O)O. The molecule has 1 aromatic rings. The van der Waals surface area contributed by atoms with E-state index in [0.29, 0.717) is 42.8 Å². The molecule has 0 bridgehead atoms. The molecule has 1 fully saturated rings. The molecule has 26 heavy (non-hydrogen) atoms. The molecule has 0 aliphatic carbocycles. The van der Waals surface area contributed by atoms with Crippen LogP contribution >= 0.6 is 11.6 Å². The summed E-state index contributed by atoms with van der Waals surface area (Å²) in [6.07, 6.45) is 2.34. The Hall–Kier alpha value is -2.08. The first-order valence-corrected chi connectivity index (χ1v) is 9.25. The fourth-order valence-corrected chi connectivity index (χ4v) is 3.37. The van der Waals surface area contributed by atoms with Gasteiger partial charge in [0.15, 0.2) is 0 Å². The first-order valence-electron chi connectivity index (χ1n) is 8.87. The first kappa shape index (κ1) is 20.2. The summed E-state index contributed by atoms with van der Waals surface area (Å²) in [6.45, 7) is 4.27. The topological polar surface area (TPSA) is 86.7 Å². The number of carbonyl (C=O) groups is 3. The summed E-state index contributed by atoms with van der Waals surface area (Å²) in [6, 6.07) is 6.64. The largest absolute Gasteiger partial charge is 0.480 e. The monoisotopic (exact) mass is 380 g/mol. The molecule has 1 aromatic carbocycles. The van der Waals surface area contributed by atoms with Gasteiger partial charge in [0.25, 0.3) is 5.91 Å². The highest BCUT2D eigenvalue weighted by Crippen LogP contribution is 2.22. The summed E-state index contributed by atoms with van der Waals surface area (Å²) >= 11 is 5.85. The van der Waals surface area contributed by atoms with E-state index in [4.69, 9.17) is 11.6 Å². The van der Waals surface area contributed by atoms with Gasteiger partial charge in [0.1, 0.15) is 5.54 Å². The number of nitrogens with zero attached hydrogens (tertiary/aromatic N) is 1. The highest BCUT2D eigenvalue weighted by molar-refractivity contribution is 6.30. The second kappa shape index (κ2) is 8.54. The van der Waals surface area contributed by atoms with Crippen LogP contribution in [0.5, 0.6) is 0 Å². The minimum Gasteiger partial charge on any atom is -0.480 e. The molecule has 0 spiro atoms. The van der Waals surface area contributed by atoms with Crippen LogP contribution < -0.4 is 5.32 Å². The van der Waals surface area contributed by atoms with Crippen LogP contribution in [-0.2, 0) is 9.59 Å². The summed E-state index contributed by atoms with van der Waals surface area (Å²) in [7, 11) is 0. The number of carbonyl (C=O) groups excluding carboxylic acids is 2. The van der Waals surface area contributed by atoms with Crippen LogP contribution in [0.2, 0.25) is 5.02 Å². The van der Waals surface area contributed by atoms with Crippen molar-refractivity contribution in [3.63, 3.8) is 0 Å². The summed E-state index contributed by atoms with van der Waals surface area (Å²) in [5.74, 6) is -1.90. The molecule has 0 radical (unpaired) electrons. The van der Waals surface area contributed by atoms with Crippen LogP contribution in [-0.4, -0.2) is 46.4 Å². The molecule has 1 aliphatic heterocycles. The number of hydrogen-bond acceptors (Lipinski definition) is 3. The Morgan fingerprint density at radius 1 is 1.31 bits per heavy atom. The van der Waals surface area contributed by atoms with Gasteiger partial charge in [-0.05, 0) is 50.5 Å².